The Morgan fingerprint density at radius 2 is 1.82 bits per heavy atom. The molecule has 1 aromatic heterocycles. The van der Waals surface area contributed by atoms with Gasteiger partial charge in [-0.25, -0.2) is 4.98 Å². The van der Waals surface area contributed by atoms with Crippen LogP contribution in [0.1, 0.15) is 0 Å². The normalized spacial score (nSPS) is 10.8. The lowest BCUT2D eigenvalue weighted by Gasteiger charge is -2.04. The average molecular weight is 225 g/mol. The SMILES string of the molecule is Nc1ccc2ncn(-c3ccc(O)cc3)c2c1. The summed E-state index contributed by atoms with van der Waals surface area (Å²) in [6, 6.07) is 12.6. The molecular weight excluding hydrogens is 214 g/mol. The molecule has 0 unspecified atom stereocenters. The van der Waals surface area contributed by atoms with Crippen molar-refractivity contribution in [2.24, 2.45) is 0 Å². The van der Waals surface area contributed by atoms with Crippen LogP contribution in [0, 0.1) is 0 Å². The van der Waals surface area contributed by atoms with Crippen molar-refractivity contribution in [2.75, 3.05) is 5.73 Å². The molecule has 0 aliphatic heterocycles. The number of anilines is 1. The Balaban J connectivity index is 2.23. The Hall–Kier alpha value is -2.49. The predicted molar refractivity (Wildman–Crippen MR) is 67.1 cm³/mol. The summed E-state index contributed by atoms with van der Waals surface area (Å²) in [6.45, 7) is 0. The number of phenols is 1. The molecule has 1 heterocycles. The van der Waals surface area contributed by atoms with E-state index in [-0.39, 0.29) is 5.75 Å². The van der Waals surface area contributed by atoms with Gasteiger partial charge in [0.15, 0.2) is 0 Å². The standard InChI is InChI=1S/C13H11N3O/c14-9-1-6-12-13(7-9)16(8-15-12)10-2-4-11(17)5-3-10/h1-8,17H,14H2. The molecule has 0 aliphatic rings. The van der Waals surface area contributed by atoms with Crippen LogP contribution in [-0.4, -0.2) is 14.7 Å². The van der Waals surface area contributed by atoms with Gasteiger partial charge in [0, 0.05) is 11.4 Å². The van der Waals surface area contributed by atoms with Crippen LogP contribution in [0.2, 0.25) is 0 Å². The van der Waals surface area contributed by atoms with Gasteiger partial charge in [-0.2, -0.15) is 0 Å². The number of imidazole rings is 1. The lowest BCUT2D eigenvalue weighted by atomic mass is 10.2. The Kier molecular flexibility index (Phi) is 2.01. The third-order valence-corrected chi connectivity index (χ3v) is 2.70. The van der Waals surface area contributed by atoms with Crippen LogP contribution in [0.15, 0.2) is 48.8 Å². The van der Waals surface area contributed by atoms with E-state index in [4.69, 9.17) is 5.73 Å². The first kappa shape index (κ1) is 9.72. The van der Waals surface area contributed by atoms with Gasteiger partial charge in [0.2, 0.25) is 0 Å². The fraction of sp³-hybridized carbons (Fsp3) is 0. The zero-order valence-corrected chi connectivity index (χ0v) is 9.04. The van der Waals surface area contributed by atoms with E-state index < -0.39 is 0 Å². The van der Waals surface area contributed by atoms with Crippen molar-refractivity contribution in [1.82, 2.24) is 9.55 Å². The minimum atomic E-state index is 0.248. The molecule has 17 heavy (non-hydrogen) atoms. The highest BCUT2D eigenvalue weighted by atomic mass is 16.3. The van der Waals surface area contributed by atoms with Gasteiger partial charge in [-0.1, -0.05) is 0 Å². The number of hydrogen-bond acceptors (Lipinski definition) is 3. The topological polar surface area (TPSA) is 64.1 Å². The molecule has 0 fully saturated rings. The number of fused-ring (bicyclic) bond motifs is 1. The third kappa shape index (κ3) is 1.59. The molecular formula is C13H11N3O. The Morgan fingerprint density at radius 1 is 1.06 bits per heavy atom. The number of aromatic nitrogens is 2. The summed E-state index contributed by atoms with van der Waals surface area (Å²) in [6.07, 6.45) is 1.75. The van der Waals surface area contributed by atoms with Crippen LogP contribution in [-0.2, 0) is 0 Å². The molecule has 3 rings (SSSR count). The van der Waals surface area contributed by atoms with E-state index in [1.54, 1.807) is 18.5 Å². The van der Waals surface area contributed by atoms with Crippen molar-refractivity contribution >= 4 is 16.7 Å². The quantitative estimate of drug-likeness (QED) is 0.624. The van der Waals surface area contributed by atoms with E-state index in [0.717, 1.165) is 16.7 Å². The molecule has 2 aromatic carbocycles. The van der Waals surface area contributed by atoms with Crippen LogP contribution in [0.4, 0.5) is 5.69 Å². The lowest BCUT2D eigenvalue weighted by molar-refractivity contribution is 0.475. The molecule has 0 atom stereocenters. The second-order valence-electron chi connectivity index (χ2n) is 3.88. The number of nitrogens with zero attached hydrogens (tertiary/aromatic N) is 2. The molecule has 4 heteroatoms. The van der Waals surface area contributed by atoms with Crippen LogP contribution in [0.5, 0.6) is 5.75 Å². The summed E-state index contributed by atoms with van der Waals surface area (Å²) in [5.74, 6) is 0.248. The maximum atomic E-state index is 9.27. The number of benzene rings is 2. The van der Waals surface area contributed by atoms with Gasteiger partial charge in [0.1, 0.15) is 12.1 Å². The average Bonchev–Trinajstić information content (AvgIpc) is 2.73. The molecule has 3 N–H and O–H groups in total. The van der Waals surface area contributed by atoms with Gasteiger partial charge < -0.3 is 10.8 Å². The van der Waals surface area contributed by atoms with E-state index in [2.05, 4.69) is 4.98 Å². The van der Waals surface area contributed by atoms with Gasteiger partial charge in [-0.05, 0) is 42.5 Å². The zero-order chi connectivity index (χ0) is 11.8. The number of rotatable bonds is 1. The largest absolute Gasteiger partial charge is 0.508 e. The number of nitrogen functional groups attached to an aromatic ring is 1. The molecule has 0 radical (unpaired) electrons. The smallest absolute Gasteiger partial charge is 0.115 e. The van der Waals surface area contributed by atoms with E-state index >= 15 is 0 Å². The van der Waals surface area contributed by atoms with E-state index in [9.17, 15) is 5.11 Å². The third-order valence-electron chi connectivity index (χ3n) is 2.70. The minimum Gasteiger partial charge on any atom is -0.508 e. The summed E-state index contributed by atoms with van der Waals surface area (Å²) >= 11 is 0. The Morgan fingerprint density at radius 3 is 2.59 bits per heavy atom. The van der Waals surface area contributed by atoms with E-state index in [1.165, 1.54) is 0 Å². The summed E-state index contributed by atoms with van der Waals surface area (Å²) in [7, 11) is 0. The molecule has 0 spiro atoms. The number of nitrogens with two attached hydrogens (primary N) is 1. The lowest BCUT2D eigenvalue weighted by Crippen LogP contribution is -1.92. The molecule has 3 aromatic rings. The number of aromatic hydroxyl groups is 1. The predicted octanol–water partition coefficient (Wildman–Crippen LogP) is 2.31. The Labute approximate surface area is 97.9 Å². The van der Waals surface area contributed by atoms with Crippen molar-refractivity contribution in [2.45, 2.75) is 0 Å². The van der Waals surface area contributed by atoms with E-state index in [0.29, 0.717) is 5.69 Å². The summed E-state index contributed by atoms with van der Waals surface area (Å²) in [5.41, 5.74) is 9.27. The number of phenolic OH excluding ortho intramolecular Hbond substituents is 1. The van der Waals surface area contributed by atoms with Gasteiger partial charge in [-0.3, -0.25) is 4.57 Å². The second-order valence-corrected chi connectivity index (χ2v) is 3.88. The van der Waals surface area contributed by atoms with Crippen molar-refractivity contribution < 1.29 is 5.11 Å². The van der Waals surface area contributed by atoms with Gasteiger partial charge >= 0.3 is 0 Å². The first-order chi connectivity index (χ1) is 8.24. The summed E-state index contributed by atoms with van der Waals surface area (Å²) in [5, 5.41) is 9.27. The highest BCUT2D eigenvalue weighted by Gasteiger charge is 2.04. The fourth-order valence-corrected chi connectivity index (χ4v) is 1.84. The maximum Gasteiger partial charge on any atom is 0.115 e. The van der Waals surface area contributed by atoms with Crippen LogP contribution >= 0.6 is 0 Å². The fourth-order valence-electron chi connectivity index (χ4n) is 1.84. The van der Waals surface area contributed by atoms with Crippen molar-refractivity contribution in [1.29, 1.82) is 0 Å². The first-order valence-corrected chi connectivity index (χ1v) is 5.26. The Bertz CT molecular complexity index is 671. The zero-order valence-electron chi connectivity index (χ0n) is 9.04. The monoisotopic (exact) mass is 225 g/mol. The molecule has 0 aliphatic carbocycles. The molecule has 0 bridgehead atoms. The van der Waals surface area contributed by atoms with Crippen molar-refractivity contribution in [3.05, 3.63) is 48.8 Å². The second kappa shape index (κ2) is 3.52. The minimum absolute atomic E-state index is 0.248. The molecule has 84 valence electrons. The first-order valence-electron chi connectivity index (χ1n) is 5.26. The summed E-state index contributed by atoms with van der Waals surface area (Å²) in [4.78, 5) is 4.30. The molecule has 0 saturated heterocycles. The van der Waals surface area contributed by atoms with Crippen LogP contribution < -0.4 is 5.73 Å². The van der Waals surface area contributed by atoms with E-state index in [1.807, 2.05) is 34.9 Å². The maximum absolute atomic E-state index is 9.27. The summed E-state index contributed by atoms with van der Waals surface area (Å²) < 4.78 is 1.94. The van der Waals surface area contributed by atoms with Gasteiger partial charge in [0.05, 0.1) is 11.0 Å². The highest BCUT2D eigenvalue weighted by molar-refractivity contribution is 5.80. The van der Waals surface area contributed by atoms with Crippen molar-refractivity contribution in [3.63, 3.8) is 0 Å². The molecule has 0 amide bonds. The molecule has 0 saturated carbocycles. The van der Waals surface area contributed by atoms with Gasteiger partial charge in [-0.15, -0.1) is 0 Å². The van der Waals surface area contributed by atoms with Crippen LogP contribution in [0.25, 0.3) is 16.7 Å². The number of hydrogen-bond donors (Lipinski definition) is 2. The van der Waals surface area contributed by atoms with Crippen molar-refractivity contribution in [3.8, 4) is 11.4 Å². The van der Waals surface area contributed by atoms with Gasteiger partial charge in [0.25, 0.3) is 0 Å². The highest BCUT2D eigenvalue weighted by Crippen LogP contribution is 2.21. The molecule has 4 nitrogen and oxygen atoms in total. The van der Waals surface area contributed by atoms with Crippen LogP contribution in [0.3, 0.4) is 0 Å².